The fraction of sp³-hybridized carbons (Fsp3) is 0.276. The molecular formula is C29H30F2N6O2S. The summed E-state index contributed by atoms with van der Waals surface area (Å²) in [6, 6.07) is 8.83. The molecule has 1 amide bonds. The number of hydrogen-bond donors (Lipinski definition) is 4. The fourth-order valence-electron chi connectivity index (χ4n) is 4.67. The van der Waals surface area contributed by atoms with Crippen LogP contribution in [0.3, 0.4) is 0 Å². The highest BCUT2D eigenvalue weighted by Gasteiger charge is 2.21. The van der Waals surface area contributed by atoms with E-state index in [0.717, 1.165) is 62.2 Å². The molecular weight excluding hydrogens is 534 g/mol. The zero-order valence-electron chi connectivity index (χ0n) is 22.2. The molecule has 0 radical (unpaired) electrons. The number of carbonyl (C=O) groups excluding carboxylic acids is 1. The van der Waals surface area contributed by atoms with Crippen LogP contribution in [0.15, 0.2) is 53.6 Å². The number of rotatable bonds is 9. The van der Waals surface area contributed by atoms with Crippen molar-refractivity contribution in [2.24, 2.45) is 7.05 Å². The van der Waals surface area contributed by atoms with Gasteiger partial charge in [-0.2, -0.15) is 0 Å². The van der Waals surface area contributed by atoms with Gasteiger partial charge in [0, 0.05) is 48.4 Å². The molecule has 0 unspecified atom stereocenters. The van der Waals surface area contributed by atoms with E-state index >= 15 is 4.39 Å². The third-order valence-corrected chi connectivity index (χ3v) is 7.97. The third-order valence-electron chi connectivity index (χ3n) is 6.73. The van der Waals surface area contributed by atoms with E-state index in [4.69, 9.17) is 0 Å². The number of hydrogen-bond acceptors (Lipinski definition) is 7. The molecule has 3 aromatic heterocycles. The molecule has 11 heteroatoms. The highest BCUT2D eigenvalue weighted by Crippen LogP contribution is 2.33. The normalized spacial score (nSPS) is 12.6. The smallest absolute Gasteiger partial charge is 0.274 e. The average molecular weight is 565 g/mol. The van der Waals surface area contributed by atoms with Crippen molar-refractivity contribution < 1.29 is 13.6 Å². The number of anilines is 4. The Kier molecular flexibility index (Phi) is 8.22. The Hall–Kier alpha value is -4.09. The lowest BCUT2D eigenvalue weighted by Gasteiger charge is -2.14. The molecule has 40 heavy (non-hydrogen) atoms. The maximum Gasteiger partial charge on any atom is 0.274 e. The number of halogens is 2. The van der Waals surface area contributed by atoms with E-state index in [1.54, 1.807) is 12.3 Å². The number of pyridine rings is 2. The molecule has 1 aromatic carbocycles. The number of nitrogens with zero attached hydrogens (tertiary/aromatic N) is 2. The monoisotopic (exact) mass is 564 g/mol. The Labute approximate surface area is 234 Å². The number of carbonyl (C=O) groups is 1. The molecule has 0 spiro atoms. The predicted molar refractivity (Wildman–Crippen MR) is 156 cm³/mol. The van der Waals surface area contributed by atoms with Crippen LogP contribution in [-0.4, -0.2) is 35.6 Å². The Balaban J connectivity index is 1.40. The largest absolute Gasteiger partial charge is 0.383 e. The first-order valence-electron chi connectivity index (χ1n) is 13.1. The van der Waals surface area contributed by atoms with Crippen LogP contribution in [-0.2, 0) is 19.9 Å². The van der Waals surface area contributed by atoms with Gasteiger partial charge in [-0.3, -0.25) is 9.59 Å². The first kappa shape index (κ1) is 27.5. The molecule has 0 saturated carbocycles. The van der Waals surface area contributed by atoms with E-state index in [1.165, 1.54) is 40.1 Å². The number of benzene rings is 1. The second-order valence-electron chi connectivity index (χ2n) is 9.68. The van der Waals surface area contributed by atoms with Crippen LogP contribution in [0.4, 0.5) is 31.7 Å². The van der Waals surface area contributed by atoms with Gasteiger partial charge in [-0.05, 0) is 68.6 Å². The topological polar surface area (TPSA) is 100 Å². The molecule has 0 saturated heterocycles. The highest BCUT2D eigenvalue weighted by molar-refractivity contribution is 7.14. The fourth-order valence-corrected chi connectivity index (χ4v) is 5.82. The molecule has 1 aliphatic carbocycles. The van der Waals surface area contributed by atoms with E-state index in [-0.39, 0.29) is 28.1 Å². The quantitative estimate of drug-likeness (QED) is 0.206. The minimum Gasteiger partial charge on any atom is -0.383 e. The number of aryl methyl sites for hydroxylation is 3. The molecule has 0 fully saturated rings. The molecule has 5 rings (SSSR count). The molecule has 0 aliphatic heterocycles. The van der Waals surface area contributed by atoms with Crippen LogP contribution < -0.4 is 26.8 Å². The van der Waals surface area contributed by atoms with Crippen LogP contribution >= 0.6 is 11.3 Å². The molecule has 0 atom stereocenters. The SMILES string of the molecule is CNCCNc1ccc(Nc2cc(-c3cc(F)cc(NC(=O)c4cc5c(s4)CCCC5)c3F)cn(C)c2=O)nc1. The number of amides is 1. The summed E-state index contributed by atoms with van der Waals surface area (Å²) in [5.41, 5.74) is 1.65. The van der Waals surface area contributed by atoms with Crippen molar-refractivity contribution in [1.29, 1.82) is 0 Å². The van der Waals surface area contributed by atoms with Gasteiger partial charge in [0.2, 0.25) is 0 Å². The number of likely N-dealkylation sites (N-methyl/N-ethyl adjacent to an activating group) is 1. The van der Waals surface area contributed by atoms with Crippen LogP contribution in [0.2, 0.25) is 0 Å². The van der Waals surface area contributed by atoms with Gasteiger partial charge in [-0.25, -0.2) is 13.8 Å². The summed E-state index contributed by atoms with van der Waals surface area (Å²) < 4.78 is 31.7. The summed E-state index contributed by atoms with van der Waals surface area (Å²) in [6.07, 6.45) is 7.08. The predicted octanol–water partition coefficient (Wildman–Crippen LogP) is 5.29. The first-order valence-corrected chi connectivity index (χ1v) is 13.9. The Morgan fingerprint density at radius 3 is 2.65 bits per heavy atom. The summed E-state index contributed by atoms with van der Waals surface area (Å²) in [6.45, 7) is 1.52. The molecule has 1 aliphatic rings. The van der Waals surface area contributed by atoms with Gasteiger partial charge in [0.15, 0.2) is 5.82 Å². The lowest BCUT2D eigenvalue weighted by atomic mass is 9.99. The minimum absolute atomic E-state index is 0.0866. The van der Waals surface area contributed by atoms with Gasteiger partial charge < -0.3 is 25.8 Å². The van der Waals surface area contributed by atoms with Crippen LogP contribution in [0.1, 0.15) is 33.0 Å². The van der Waals surface area contributed by atoms with Crippen molar-refractivity contribution in [2.45, 2.75) is 25.7 Å². The van der Waals surface area contributed by atoms with Crippen molar-refractivity contribution in [3.05, 3.63) is 86.1 Å². The standard InChI is InChI=1S/C29H30F2N6O2S/c1-32-9-10-33-20-7-8-26(34-15-20)35-23-11-18(16-37(2)29(23)39)21-13-19(30)14-22(27(21)31)36-28(38)25-12-17-5-3-4-6-24(17)40-25/h7-8,11-16,32-33H,3-6,9-10H2,1-2H3,(H,34,35)(H,36,38). The van der Waals surface area contributed by atoms with Crippen LogP contribution in [0.5, 0.6) is 0 Å². The first-order chi connectivity index (χ1) is 19.3. The number of aromatic nitrogens is 2. The molecule has 4 N–H and O–H groups in total. The number of nitrogens with one attached hydrogen (secondary N) is 4. The molecule has 8 nitrogen and oxygen atoms in total. The van der Waals surface area contributed by atoms with E-state index in [9.17, 15) is 14.0 Å². The summed E-state index contributed by atoms with van der Waals surface area (Å²) in [5.74, 6) is -1.58. The second-order valence-corrected chi connectivity index (χ2v) is 10.8. The third kappa shape index (κ3) is 6.05. The second kappa shape index (κ2) is 12.0. The average Bonchev–Trinajstić information content (AvgIpc) is 3.39. The lowest BCUT2D eigenvalue weighted by Crippen LogP contribution is -2.20. The molecule has 0 bridgehead atoms. The summed E-state index contributed by atoms with van der Waals surface area (Å²) >= 11 is 1.40. The summed E-state index contributed by atoms with van der Waals surface area (Å²) in [7, 11) is 3.39. The number of fused-ring (bicyclic) bond motifs is 1. The van der Waals surface area contributed by atoms with Crippen molar-refractivity contribution in [2.75, 3.05) is 36.1 Å². The van der Waals surface area contributed by atoms with E-state index in [1.807, 2.05) is 19.2 Å². The lowest BCUT2D eigenvalue weighted by molar-refractivity contribution is 0.103. The summed E-state index contributed by atoms with van der Waals surface area (Å²) in [4.78, 5) is 31.8. The van der Waals surface area contributed by atoms with Crippen LogP contribution in [0, 0.1) is 11.6 Å². The zero-order chi connectivity index (χ0) is 28.2. The summed E-state index contributed by atoms with van der Waals surface area (Å²) in [5, 5.41) is 11.8. The Bertz CT molecular complexity index is 1580. The van der Waals surface area contributed by atoms with Gasteiger partial charge in [-0.1, -0.05) is 0 Å². The van der Waals surface area contributed by atoms with Gasteiger partial charge >= 0.3 is 0 Å². The van der Waals surface area contributed by atoms with Crippen molar-refractivity contribution in [1.82, 2.24) is 14.9 Å². The van der Waals surface area contributed by atoms with Crippen molar-refractivity contribution >= 4 is 40.1 Å². The molecule has 4 aromatic rings. The Morgan fingerprint density at radius 1 is 1.07 bits per heavy atom. The highest BCUT2D eigenvalue weighted by atomic mass is 32.1. The number of thiophene rings is 1. The van der Waals surface area contributed by atoms with Gasteiger partial charge in [0.1, 0.15) is 17.3 Å². The van der Waals surface area contributed by atoms with E-state index < -0.39 is 17.5 Å². The zero-order valence-corrected chi connectivity index (χ0v) is 23.1. The van der Waals surface area contributed by atoms with Crippen molar-refractivity contribution in [3.63, 3.8) is 0 Å². The van der Waals surface area contributed by atoms with E-state index in [2.05, 4.69) is 26.3 Å². The van der Waals surface area contributed by atoms with Crippen molar-refractivity contribution in [3.8, 4) is 11.1 Å². The van der Waals surface area contributed by atoms with Gasteiger partial charge in [0.05, 0.1) is 22.4 Å². The minimum atomic E-state index is -0.796. The van der Waals surface area contributed by atoms with Crippen LogP contribution in [0.25, 0.3) is 11.1 Å². The van der Waals surface area contributed by atoms with E-state index in [0.29, 0.717) is 10.7 Å². The van der Waals surface area contributed by atoms with Gasteiger partial charge in [0.25, 0.3) is 11.5 Å². The van der Waals surface area contributed by atoms with Gasteiger partial charge in [-0.15, -0.1) is 11.3 Å². The maximum atomic E-state index is 15.7. The molecule has 3 heterocycles. The maximum absolute atomic E-state index is 15.7. The molecule has 208 valence electrons. The Morgan fingerprint density at radius 2 is 1.90 bits per heavy atom.